The molecule has 8 bridgehead atoms. The van der Waals surface area contributed by atoms with Gasteiger partial charge in [-0.05, 0) is 72.8 Å². The average Bonchev–Trinajstić information content (AvgIpc) is 3.99. The summed E-state index contributed by atoms with van der Waals surface area (Å²) < 4.78 is 8.59. The molecule has 0 amide bonds. The van der Waals surface area contributed by atoms with Gasteiger partial charge in [0.25, 0.3) is 0 Å². The van der Waals surface area contributed by atoms with Gasteiger partial charge < -0.3 is 106 Å². The molecule has 282 valence electrons. The van der Waals surface area contributed by atoms with Crippen molar-refractivity contribution < 1.29 is 114 Å². The van der Waals surface area contributed by atoms with Gasteiger partial charge in [-0.25, -0.2) is 28.2 Å². The fraction of sp³-hybridized carbons (Fsp3) is 0.0909. The molecule has 9 rings (SSSR count). The van der Waals surface area contributed by atoms with Crippen molar-refractivity contribution >= 4 is 46.4 Å². The second-order valence-electron chi connectivity index (χ2n) is 13.3. The second kappa shape index (κ2) is 18.1. The average molecular weight is 1190 g/mol. The van der Waals surface area contributed by atoms with Crippen molar-refractivity contribution in [3.05, 3.63) is 145 Å². The van der Waals surface area contributed by atoms with Gasteiger partial charge in [-0.2, -0.15) is 0 Å². The van der Waals surface area contributed by atoms with E-state index in [2.05, 4.69) is 178 Å². The van der Waals surface area contributed by atoms with Crippen molar-refractivity contribution in [2.45, 2.75) is 0 Å². The highest BCUT2D eigenvalue weighted by atomic mass is 127. The molecule has 8 nitrogen and oxygen atoms in total. The molecule has 7 aromatic rings. The Bertz CT molecular complexity index is 2450. The summed E-state index contributed by atoms with van der Waals surface area (Å²) >= 11 is 0. The molecule has 0 fully saturated rings. The molecule has 7 aromatic heterocycles. The first kappa shape index (κ1) is 43.2. The third-order valence-corrected chi connectivity index (χ3v) is 10.00. The predicted molar refractivity (Wildman–Crippen MR) is 205 cm³/mol. The van der Waals surface area contributed by atoms with E-state index in [9.17, 15) is 0 Å². The number of H-pyrrole nitrogens is 2. The summed E-state index contributed by atoms with van der Waals surface area (Å²) in [6.07, 6.45) is 16.9. The van der Waals surface area contributed by atoms with Crippen molar-refractivity contribution in [2.75, 3.05) is 0 Å². The predicted octanol–water partition coefficient (Wildman–Crippen LogP) is -5.36. The monoisotopic (exact) mass is 1190 g/mol. The number of rotatable bonds is 4. The Morgan fingerprint density at radius 1 is 0.339 bits per heavy atom. The summed E-state index contributed by atoms with van der Waals surface area (Å²) in [6.45, 7) is 0. The molecule has 2 aliphatic rings. The number of nitrogens with one attached hydrogen (secondary N) is 2. The zero-order valence-electron chi connectivity index (χ0n) is 31.1. The van der Waals surface area contributed by atoms with Gasteiger partial charge in [0, 0.05) is 48.5 Å². The molecule has 0 saturated carbocycles. The second-order valence-corrected chi connectivity index (χ2v) is 13.3. The number of aromatic nitrogens is 8. The lowest BCUT2D eigenvalue weighted by Crippen LogP contribution is -3.00. The maximum Gasteiger partial charge on any atom is 0.216 e. The van der Waals surface area contributed by atoms with E-state index in [-0.39, 0.29) is 95.9 Å². The minimum Gasteiger partial charge on any atom is -1.00 e. The Balaban J connectivity index is 0.00000150. The standard InChI is InChI=1S/C44H37N8.4HI/c1-49-25-9-5-13-37(49)41-29-17-19-31(45-29)42(38-14-6-10-26-50(38)2)33-21-23-35(47-33)44(40-16-8-12-28-52(40)4)36-24-22-34(48-36)43(32-20-18-30(41)46-32)39-15-7-11-27-51(39)3;;;;/h5-28H,1-4H3,(H,45,46,47,48);4*1H/q+3;;;;/p-3. The fourth-order valence-electron chi connectivity index (χ4n) is 7.42. The number of hydrogen-bond donors (Lipinski definition) is 2. The molecular formula is C44H38I4N8. The van der Waals surface area contributed by atoms with Gasteiger partial charge in [-0.15, -0.1) is 0 Å². The van der Waals surface area contributed by atoms with Gasteiger partial charge in [-0.3, -0.25) is 0 Å². The SMILES string of the molecule is C[n+]1ccccc1-c1c2nc(c(-c3cccc[n+]3C)c3ccc([nH]3)c(-c3cccc[n+]3C)c3nc(c(-c4cccc[n+]4C)c4ccc1[nH]4)C=C3)C=C2.[I-].[I-].[I-].[I-]. The van der Waals surface area contributed by atoms with Gasteiger partial charge in [0.2, 0.25) is 22.8 Å². The van der Waals surface area contributed by atoms with E-state index >= 15 is 0 Å². The molecule has 0 spiro atoms. The minimum atomic E-state index is 0. The third kappa shape index (κ3) is 7.85. The summed E-state index contributed by atoms with van der Waals surface area (Å²) in [7, 11) is 8.31. The van der Waals surface area contributed by atoms with E-state index in [0.29, 0.717) is 0 Å². The van der Waals surface area contributed by atoms with Crippen LogP contribution in [0.1, 0.15) is 22.8 Å². The van der Waals surface area contributed by atoms with Crippen LogP contribution in [-0.4, -0.2) is 19.9 Å². The van der Waals surface area contributed by atoms with Crippen LogP contribution in [0.5, 0.6) is 0 Å². The lowest BCUT2D eigenvalue weighted by atomic mass is 10.1. The first-order valence-corrected chi connectivity index (χ1v) is 17.4. The molecule has 0 atom stereocenters. The van der Waals surface area contributed by atoms with E-state index in [1.54, 1.807) is 0 Å². The molecule has 12 heteroatoms. The summed E-state index contributed by atoms with van der Waals surface area (Å²) in [4.78, 5) is 18.5. The number of nitrogens with zero attached hydrogens (tertiary/aromatic N) is 6. The van der Waals surface area contributed by atoms with E-state index < -0.39 is 0 Å². The maximum atomic E-state index is 5.42. The van der Waals surface area contributed by atoms with Crippen LogP contribution in [0.25, 0.3) is 91.4 Å². The highest BCUT2D eigenvalue weighted by Gasteiger charge is 2.25. The molecular weight excluding hydrogens is 1150 g/mol. The first-order chi connectivity index (χ1) is 25.4. The minimum absolute atomic E-state index is 0. The molecule has 56 heavy (non-hydrogen) atoms. The largest absolute Gasteiger partial charge is 1.00 e. The van der Waals surface area contributed by atoms with Crippen LogP contribution in [-0.2, 0) is 28.2 Å². The van der Waals surface area contributed by atoms with Crippen LogP contribution in [0, 0.1) is 0 Å². The molecule has 2 aliphatic heterocycles. The first-order valence-electron chi connectivity index (χ1n) is 17.4. The Morgan fingerprint density at radius 2 is 0.571 bits per heavy atom. The summed E-state index contributed by atoms with van der Waals surface area (Å²) in [5, 5.41) is 0. The summed E-state index contributed by atoms with van der Waals surface area (Å²) in [6, 6.07) is 33.8. The number of hydrogen-bond acceptors (Lipinski definition) is 2. The Hall–Kier alpha value is -3.88. The highest BCUT2D eigenvalue weighted by Crippen LogP contribution is 2.36. The zero-order valence-corrected chi connectivity index (χ0v) is 39.7. The van der Waals surface area contributed by atoms with Crippen LogP contribution < -0.4 is 114 Å². The number of aryl methyl sites for hydroxylation is 4. The lowest BCUT2D eigenvalue weighted by Gasteiger charge is -2.05. The summed E-state index contributed by atoms with van der Waals surface area (Å²) in [5.41, 5.74) is 15.6. The topological polar surface area (TPSA) is 72.9 Å². The van der Waals surface area contributed by atoms with Gasteiger partial charge >= 0.3 is 0 Å². The number of aromatic amines is 2. The molecule has 2 N–H and O–H groups in total. The van der Waals surface area contributed by atoms with E-state index in [1.165, 1.54) is 0 Å². The van der Waals surface area contributed by atoms with E-state index in [1.807, 2.05) is 24.3 Å². The normalized spacial score (nSPS) is 11.2. The summed E-state index contributed by atoms with van der Waals surface area (Å²) in [5.74, 6) is 0. The highest BCUT2D eigenvalue weighted by molar-refractivity contribution is 5.97. The quantitative estimate of drug-likeness (QED) is 0.137. The van der Waals surface area contributed by atoms with Crippen molar-refractivity contribution in [2.24, 2.45) is 28.2 Å². The van der Waals surface area contributed by atoms with Gasteiger partial charge in [0.15, 0.2) is 24.8 Å². The third-order valence-electron chi connectivity index (χ3n) is 10.00. The van der Waals surface area contributed by atoms with E-state index in [0.717, 1.165) is 89.9 Å². The van der Waals surface area contributed by atoms with Crippen LogP contribution in [0.15, 0.2) is 122 Å². The van der Waals surface area contributed by atoms with Gasteiger partial charge in [-0.1, -0.05) is 0 Å². The fourth-order valence-corrected chi connectivity index (χ4v) is 7.42. The van der Waals surface area contributed by atoms with Crippen molar-refractivity contribution in [1.82, 2.24) is 19.9 Å². The number of fused-ring (bicyclic) bond motifs is 8. The van der Waals surface area contributed by atoms with Crippen LogP contribution in [0.4, 0.5) is 0 Å². The number of pyridine rings is 4. The zero-order chi connectivity index (χ0) is 35.3. The van der Waals surface area contributed by atoms with Crippen molar-refractivity contribution in [1.29, 1.82) is 0 Å². The lowest BCUT2D eigenvalue weighted by molar-refractivity contribution is -0.660. The Morgan fingerprint density at radius 3 is 0.786 bits per heavy atom. The smallest absolute Gasteiger partial charge is 0.216 e. The molecule has 0 aromatic carbocycles. The molecule has 0 saturated heterocycles. The van der Waals surface area contributed by atoms with Crippen molar-refractivity contribution in [3.63, 3.8) is 0 Å². The Kier molecular flexibility index (Phi) is 14.0. The van der Waals surface area contributed by atoms with Crippen molar-refractivity contribution in [3.8, 4) is 45.0 Å². The van der Waals surface area contributed by atoms with Crippen LogP contribution in [0.2, 0.25) is 0 Å². The molecule has 9 heterocycles. The van der Waals surface area contributed by atoms with Crippen LogP contribution >= 0.6 is 0 Å². The van der Waals surface area contributed by atoms with E-state index in [4.69, 9.17) is 9.97 Å². The Labute approximate surface area is 394 Å². The molecule has 0 unspecified atom stereocenters. The molecule has 0 radical (unpaired) electrons. The van der Waals surface area contributed by atoms with Gasteiger partial charge in [0.05, 0.1) is 67.1 Å². The van der Waals surface area contributed by atoms with Crippen LogP contribution in [0.3, 0.4) is 0 Å². The maximum absolute atomic E-state index is 5.42. The van der Waals surface area contributed by atoms with Gasteiger partial charge in [0.1, 0.15) is 28.2 Å². The number of halogens is 4. The molecule has 0 aliphatic carbocycles.